The van der Waals surface area contributed by atoms with Crippen LogP contribution in [0.4, 0.5) is 5.82 Å². The summed E-state index contributed by atoms with van der Waals surface area (Å²) in [5.74, 6) is -1.17. The highest BCUT2D eigenvalue weighted by Crippen LogP contribution is 2.23. The Morgan fingerprint density at radius 2 is 1.68 bits per heavy atom. The minimum absolute atomic E-state index is 0.0156. The number of nitrogen functional groups attached to an aromatic ring is 1. The maximum atomic E-state index is 12.4. The van der Waals surface area contributed by atoms with Gasteiger partial charge in [0.15, 0.2) is 0 Å². The molecule has 0 saturated carbocycles. The SMILES string of the molecule is Nc1c2c(cc(=O)n1-c1ccc(CN3CCCC3)cc1)C(=O)NC2=O. The fourth-order valence-electron chi connectivity index (χ4n) is 3.50. The molecule has 0 aliphatic carbocycles. The van der Waals surface area contributed by atoms with Gasteiger partial charge in [-0.25, -0.2) is 0 Å². The van der Waals surface area contributed by atoms with E-state index < -0.39 is 17.4 Å². The molecule has 0 bridgehead atoms. The van der Waals surface area contributed by atoms with Crippen molar-refractivity contribution >= 4 is 17.6 Å². The molecule has 25 heavy (non-hydrogen) atoms. The summed E-state index contributed by atoms with van der Waals surface area (Å²) in [6.45, 7) is 3.11. The molecular formula is C18H18N4O3. The molecular weight excluding hydrogens is 320 g/mol. The molecule has 0 spiro atoms. The smallest absolute Gasteiger partial charge is 0.262 e. The van der Waals surface area contributed by atoms with Crippen LogP contribution in [-0.2, 0) is 6.54 Å². The summed E-state index contributed by atoms with van der Waals surface area (Å²) in [4.78, 5) is 38.4. The number of aromatic nitrogens is 1. The molecule has 2 aliphatic rings. The van der Waals surface area contributed by atoms with E-state index >= 15 is 0 Å². The first-order valence-electron chi connectivity index (χ1n) is 8.27. The van der Waals surface area contributed by atoms with Gasteiger partial charge in [0.2, 0.25) is 0 Å². The van der Waals surface area contributed by atoms with Crippen molar-refractivity contribution in [2.75, 3.05) is 18.8 Å². The third-order valence-electron chi connectivity index (χ3n) is 4.75. The van der Waals surface area contributed by atoms with Crippen molar-refractivity contribution in [3.8, 4) is 5.69 Å². The molecule has 4 rings (SSSR count). The van der Waals surface area contributed by atoms with Gasteiger partial charge < -0.3 is 5.73 Å². The molecule has 2 aliphatic heterocycles. The lowest BCUT2D eigenvalue weighted by Crippen LogP contribution is -2.24. The first kappa shape index (κ1) is 15.6. The van der Waals surface area contributed by atoms with Crippen LogP contribution in [-0.4, -0.2) is 34.4 Å². The lowest BCUT2D eigenvalue weighted by Gasteiger charge is -2.16. The maximum absolute atomic E-state index is 12.4. The summed E-state index contributed by atoms with van der Waals surface area (Å²) >= 11 is 0. The molecule has 1 aromatic heterocycles. The van der Waals surface area contributed by atoms with Crippen molar-refractivity contribution in [3.05, 3.63) is 57.4 Å². The quantitative estimate of drug-likeness (QED) is 0.811. The van der Waals surface area contributed by atoms with Gasteiger partial charge in [-0.2, -0.15) is 0 Å². The number of carbonyl (C=O) groups is 2. The van der Waals surface area contributed by atoms with Gasteiger partial charge in [0.25, 0.3) is 17.4 Å². The molecule has 128 valence electrons. The number of rotatable bonds is 3. The molecule has 7 nitrogen and oxygen atoms in total. The second-order valence-corrected chi connectivity index (χ2v) is 6.42. The molecule has 7 heteroatoms. The number of nitrogens with zero attached hydrogens (tertiary/aromatic N) is 2. The highest BCUT2D eigenvalue weighted by atomic mass is 16.2. The Morgan fingerprint density at radius 1 is 1.00 bits per heavy atom. The van der Waals surface area contributed by atoms with Gasteiger partial charge in [-0.15, -0.1) is 0 Å². The van der Waals surface area contributed by atoms with Crippen molar-refractivity contribution in [2.24, 2.45) is 0 Å². The van der Waals surface area contributed by atoms with Gasteiger partial charge in [0.05, 0.1) is 16.8 Å². The van der Waals surface area contributed by atoms with Crippen LogP contribution in [0, 0.1) is 0 Å². The predicted molar refractivity (Wildman–Crippen MR) is 92.8 cm³/mol. The number of hydrogen-bond donors (Lipinski definition) is 2. The second-order valence-electron chi connectivity index (χ2n) is 6.42. The van der Waals surface area contributed by atoms with Gasteiger partial charge in [-0.1, -0.05) is 12.1 Å². The number of nitrogens with two attached hydrogens (primary N) is 1. The minimum Gasteiger partial charge on any atom is -0.384 e. The topological polar surface area (TPSA) is 97.4 Å². The van der Waals surface area contributed by atoms with Crippen LogP contribution in [0.2, 0.25) is 0 Å². The van der Waals surface area contributed by atoms with E-state index in [4.69, 9.17) is 5.73 Å². The van der Waals surface area contributed by atoms with Crippen LogP contribution in [0.25, 0.3) is 5.69 Å². The predicted octanol–water partition coefficient (Wildman–Crippen LogP) is 0.899. The van der Waals surface area contributed by atoms with Gasteiger partial charge in [0, 0.05) is 12.6 Å². The van der Waals surface area contributed by atoms with Crippen molar-refractivity contribution in [1.29, 1.82) is 0 Å². The number of amides is 2. The number of pyridine rings is 1. The van der Waals surface area contributed by atoms with E-state index in [0.717, 1.165) is 31.3 Å². The molecule has 3 heterocycles. The number of benzene rings is 1. The molecule has 2 amide bonds. The zero-order valence-electron chi connectivity index (χ0n) is 13.6. The fraction of sp³-hybridized carbons (Fsp3) is 0.278. The number of imide groups is 1. The third kappa shape index (κ3) is 2.62. The van der Waals surface area contributed by atoms with Crippen LogP contribution in [0.5, 0.6) is 0 Å². The van der Waals surface area contributed by atoms with E-state index in [-0.39, 0.29) is 16.9 Å². The molecule has 3 N–H and O–H groups in total. The fourth-order valence-corrected chi connectivity index (χ4v) is 3.50. The zero-order valence-corrected chi connectivity index (χ0v) is 13.6. The van der Waals surface area contributed by atoms with Crippen molar-refractivity contribution < 1.29 is 9.59 Å². The number of anilines is 1. The Labute approximate surface area is 144 Å². The van der Waals surface area contributed by atoms with Crippen molar-refractivity contribution in [1.82, 2.24) is 14.8 Å². The van der Waals surface area contributed by atoms with Crippen molar-refractivity contribution in [2.45, 2.75) is 19.4 Å². The van der Waals surface area contributed by atoms with E-state index in [2.05, 4.69) is 10.2 Å². The molecule has 1 aromatic carbocycles. The van der Waals surface area contributed by atoms with Crippen LogP contribution in [0.1, 0.15) is 39.1 Å². The summed E-state index contributed by atoms with van der Waals surface area (Å²) in [7, 11) is 0. The Balaban J connectivity index is 1.70. The lowest BCUT2D eigenvalue weighted by atomic mass is 10.1. The summed E-state index contributed by atoms with van der Waals surface area (Å²) in [5.41, 5.74) is 7.42. The van der Waals surface area contributed by atoms with Gasteiger partial charge in [-0.05, 0) is 43.6 Å². The highest BCUT2D eigenvalue weighted by molar-refractivity contribution is 6.23. The van der Waals surface area contributed by atoms with Gasteiger partial charge in [-0.3, -0.25) is 29.2 Å². The summed E-state index contributed by atoms with van der Waals surface area (Å²) in [6.07, 6.45) is 2.47. The standard InChI is InChI=1S/C18H18N4O3/c19-16-15-13(17(24)20-18(15)25)9-14(23)22(16)12-5-3-11(4-6-12)10-21-7-1-2-8-21/h3-6,9H,1-2,7-8,10,19H2,(H,20,24,25). The van der Waals surface area contributed by atoms with E-state index in [0.29, 0.717) is 5.69 Å². The maximum Gasteiger partial charge on any atom is 0.262 e. The van der Waals surface area contributed by atoms with Gasteiger partial charge in [0.1, 0.15) is 5.82 Å². The first-order chi connectivity index (χ1) is 12.0. The Kier molecular flexibility index (Phi) is 3.65. The second kappa shape index (κ2) is 5.86. The average molecular weight is 338 g/mol. The lowest BCUT2D eigenvalue weighted by molar-refractivity contribution is 0.0880. The molecule has 1 saturated heterocycles. The number of hydrogen-bond acceptors (Lipinski definition) is 5. The van der Waals surface area contributed by atoms with Crippen LogP contribution < -0.4 is 16.6 Å². The largest absolute Gasteiger partial charge is 0.384 e. The number of nitrogens with one attached hydrogen (secondary N) is 1. The van der Waals surface area contributed by atoms with Crippen LogP contribution in [0.3, 0.4) is 0 Å². The normalized spacial score (nSPS) is 17.0. The van der Waals surface area contributed by atoms with E-state index in [9.17, 15) is 14.4 Å². The van der Waals surface area contributed by atoms with Crippen LogP contribution >= 0.6 is 0 Å². The first-order valence-corrected chi connectivity index (χ1v) is 8.27. The third-order valence-corrected chi connectivity index (χ3v) is 4.75. The minimum atomic E-state index is -0.586. The van der Waals surface area contributed by atoms with E-state index in [1.807, 2.05) is 24.3 Å². The highest BCUT2D eigenvalue weighted by Gasteiger charge is 2.31. The average Bonchev–Trinajstić information content (AvgIpc) is 3.17. The Morgan fingerprint density at radius 3 is 2.36 bits per heavy atom. The summed E-state index contributed by atoms with van der Waals surface area (Å²) in [6, 6.07) is 8.69. The zero-order chi connectivity index (χ0) is 17.6. The molecule has 0 radical (unpaired) electrons. The summed E-state index contributed by atoms with van der Waals surface area (Å²) < 4.78 is 1.26. The van der Waals surface area contributed by atoms with E-state index in [1.54, 1.807) is 0 Å². The van der Waals surface area contributed by atoms with Crippen molar-refractivity contribution in [3.63, 3.8) is 0 Å². The van der Waals surface area contributed by atoms with Crippen LogP contribution in [0.15, 0.2) is 35.1 Å². The monoisotopic (exact) mass is 338 g/mol. The molecule has 0 unspecified atom stereocenters. The number of likely N-dealkylation sites (tertiary alicyclic amines) is 1. The molecule has 2 aromatic rings. The Hall–Kier alpha value is -2.93. The summed E-state index contributed by atoms with van der Waals surface area (Å²) in [5, 5.41) is 2.16. The molecule has 1 fully saturated rings. The van der Waals surface area contributed by atoms with E-state index in [1.165, 1.54) is 17.4 Å². The Bertz CT molecular complexity index is 925. The number of fused-ring (bicyclic) bond motifs is 1. The number of carbonyl (C=O) groups excluding carboxylic acids is 2. The van der Waals surface area contributed by atoms with Gasteiger partial charge >= 0.3 is 0 Å². The molecule has 0 atom stereocenters.